The number of hydrogen-bond acceptors (Lipinski definition) is 3. The van der Waals surface area contributed by atoms with E-state index in [9.17, 15) is 8.42 Å². The lowest BCUT2D eigenvalue weighted by molar-refractivity contribution is 0.388. The zero-order chi connectivity index (χ0) is 14.8. The number of nitrogens with one attached hydrogen (secondary N) is 2. The van der Waals surface area contributed by atoms with Crippen LogP contribution in [0, 0.1) is 0 Å². The largest absolute Gasteiger partial charge is 0.312 e. The van der Waals surface area contributed by atoms with E-state index in [1.54, 1.807) is 6.07 Å². The van der Waals surface area contributed by atoms with Crippen LogP contribution in [-0.2, 0) is 23.0 Å². The summed E-state index contributed by atoms with van der Waals surface area (Å²) in [6.45, 7) is 7.56. The molecule has 0 spiro atoms. The molecule has 0 fully saturated rings. The molecular weight excluding hydrogens is 272 g/mol. The molecule has 0 saturated heterocycles. The fraction of sp³-hybridized carbons (Fsp3) is 0.600. The molecular formula is C15H24N2O2S. The molecule has 1 heterocycles. The van der Waals surface area contributed by atoms with Crippen molar-refractivity contribution in [3.8, 4) is 0 Å². The summed E-state index contributed by atoms with van der Waals surface area (Å²) in [5.74, 6) is 0. The summed E-state index contributed by atoms with van der Waals surface area (Å²) in [6, 6.07) is 5.55. The third-order valence-corrected chi connectivity index (χ3v) is 6.05. The lowest BCUT2D eigenvalue weighted by Crippen LogP contribution is -2.45. The Bertz CT molecular complexity index is 578. The highest BCUT2D eigenvalue weighted by Crippen LogP contribution is 2.25. The van der Waals surface area contributed by atoms with Crippen LogP contribution in [0.25, 0.3) is 0 Å². The maximum atomic E-state index is 12.7. The Morgan fingerprint density at radius 1 is 1.30 bits per heavy atom. The SMILES string of the molecule is CCC(C)(CC)NS(=O)(=O)c1cccc2c1CCNC2. The van der Waals surface area contributed by atoms with Gasteiger partial charge in [-0.3, -0.25) is 0 Å². The summed E-state index contributed by atoms with van der Waals surface area (Å²) < 4.78 is 28.3. The molecule has 1 aromatic rings. The van der Waals surface area contributed by atoms with Gasteiger partial charge in [0.1, 0.15) is 0 Å². The summed E-state index contributed by atoms with van der Waals surface area (Å²) in [6.07, 6.45) is 2.32. The smallest absolute Gasteiger partial charge is 0.241 e. The lowest BCUT2D eigenvalue weighted by Gasteiger charge is -2.29. The molecule has 0 atom stereocenters. The van der Waals surface area contributed by atoms with E-state index in [0.717, 1.165) is 43.5 Å². The van der Waals surface area contributed by atoms with Crippen molar-refractivity contribution < 1.29 is 8.42 Å². The Hall–Kier alpha value is -0.910. The Labute approximate surface area is 122 Å². The summed E-state index contributed by atoms with van der Waals surface area (Å²) in [5, 5.41) is 3.27. The molecule has 1 aliphatic heterocycles. The molecule has 1 aromatic carbocycles. The van der Waals surface area contributed by atoms with E-state index in [1.807, 2.05) is 32.9 Å². The van der Waals surface area contributed by atoms with Crippen molar-refractivity contribution in [1.29, 1.82) is 0 Å². The first-order valence-corrected chi connectivity index (χ1v) is 8.75. The minimum Gasteiger partial charge on any atom is -0.312 e. The van der Waals surface area contributed by atoms with Crippen molar-refractivity contribution in [2.45, 2.75) is 57.0 Å². The van der Waals surface area contributed by atoms with Crippen LogP contribution in [0.3, 0.4) is 0 Å². The molecule has 0 radical (unpaired) electrons. The minimum atomic E-state index is -3.46. The van der Waals surface area contributed by atoms with Crippen molar-refractivity contribution >= 4 is 10.0 Å². The molecule has 0 bridgehead atoms. The van der Waals surface area contributed by atoms with E-state index in [1.165, 1.54) is 0 Å². The van der Waals surface area contributed by atoms with Gasteiger partial charge in [0.2, 0.25) is 10.0 Å². The van der Waals surface area contributed by atoms with Crippen LogP contribution < -0.4 is 10.0 Å². The Morgan fingerprint density at radius 3 is 2.65 bits per heavy atom. The minimum absolute atomic E-state index is 0.380. The summed E-state index contributed by atoms with van der Waals surface area (Å²) >= 11 is 0. The Kier molecular flexibility index (Phi) is 4.52. The fourth-order valence-electron chi connectivity index (χ4n) is 2.52. The average molecular weight is 296 g/mol. The van der Waals surface area contributed by atoms with Gasteiger partial charge in [-0.2, -0.15) is 0 Å². The molecule has 0 unspecified atom stereocenters. The van der Waals surface area contributed by atoms with Crippen LogP contribution in [0.5, 0.6) is 0 Å². The van der Waals surface area contributed by atoms with Crippen molar-refractivity contribution in [3.05, 3.63) is 29.3 Å². The first kappa shape index (κ1) is 15.5. The Morgan fingerprint density at radius 2 is 2.00 bits per heavy atom. The molecule has 2 rings (SSSR count). The van der Waals surface area contributed by atoms with E-state index in [-0.39, 0.29) is 5.54 Å². The molecule has 0 aliphatic carbocycles. The number of benzene rings is 1. The van der Waals surface area contributed by atoms with Gasteiger partial charge in [0.25, 0.3) is 0 Å². The van der Waals surface area contributed by atoms with E-state index in [2.05, 4.69) is 10.0 Å². The molecule has 0 amide bonds. The van der Waals surface area contributed by atoms with Crippen molar-refractivity contribution in [1.82, 2.24) is 10.0 Å². The average Bonchev–Trinajstić information content (AvgIpc) is 2.46. The van der Waals surface area contributed by atoms with Crippen molar-refractivity contribution in [2.75, 3.05) is 6.54 Å². The summed E-state index contributed by atoms with van der Waals surface area (Å²) in [4.78, 5) is 0.449. The molecule has 20 heavy (non-hydrogen) atoms. The van der Waals surface area contributed by atoms with Gasteiger partial charge in [0.05, 0.1) is 4.90 Å². The number of rotatable bonds is 5. The van der Waals surface area contributed by atoms with Crippen molar-refractivity contribution in [2.24, 2.45) is 0 Å². The maximum Gasteiger partial charge on any atom is 0.241 e. The first-order valence-electron chi connectivity index (χ1n) is 7.27. The van der Waals surface area contributed by atoms with Crippen LogP contribution in [-0.4, -0.2) is 20.5 Å². The third kappa shape index (κ3) is 3.05. The van der Waals surface area contributed by atoms with Crippen LogP contribution in [0.4, 0.5) is 0 Å². The van der Waals surface area contributed by atoms with Gasteiger partial charge in [-0.25, -0.2) is 13.1 Å². The van der Waals surface area contributed by atoms with Gasteiger partial charge in [-0.15, -0.1) is 0 Å². The quantitative estimate of drug-likeness (QED) is 0.875. The molecule has 2 N–H and O–H groups in total. The molecule has 1 aliphatic rings. The normalized spacial score (nSPS) is 15.9. The predicted molar refractivity (Wildman–Crippen MR) is 81.2 cm³/mol. The van der Waals surface area contributed by atoms with Gasteiger partial charge in [0.15, 0.2) is 0 Å². The van der Waals surface area contributed by atoms with Crippen LogP contribution in [0.15, 0.2) is 23.1 Å². The molecule has 5 heteroatoms. The zero-order valence-corrected chi connectivity index (χ0v) is 13.3. The van der Waals surface area contributed by atoms with Crippen LogP contribution >= 0.6 is 0 Å². The first-order chi connectivity index (χ1) is 9.42. The number of sulfonamides is 1. The Balaban J connectivity index is 2.40. The second-order valence-electron chi connectivity index (χ2n) is 5.69. The molecule has 0 saturated carbocycles. The highest BCUT2D eigenvalue weighted by atomic mass is 32.2. The van der Waals surface area contributed by atoms with E-state index in [4.69, 9.17) is 0 Å². The monoisotopic (exact) mass is 296 g/mol. The van der Waals surface area contributed by atoms with Crippen molar-refractivity contribution in [3.63, 3.8) is 0 Å². The topological polar surface area (TPSA) is 58.2 Å². The summed E-state index contributed by atoms with van der Waals surface area (Å²) in [5.41, 5.74) is 1.68. The third-order valence-electron chi connectivity index (χ3n) is 4.33. The lowest BCUT2D eigenvalue weighted by atomic mass is 9.98. The fourth-order valence-corrected chi connectivity index (χ4v) is 4.39. The maximum absolute atomic E-state index is 12.7. The van der Waals surface area contributed by atoms with Gasteiger partial charge in [-0.1, -0.05) is 26.0 Å². The zero-order valence-electron chi connectivity index (χ0n) is 12.5. The van der Waals surface area contributed by atoms with E-state index < -0.39 is 10.0 Å². The van der Waals surface area contributed by atoms with E-state index >= 15 is 0 Å². The van der Waals surface area contributed by atoms with Gasteiger partial charge in [0, 0.05) is 12.1 Å². The second kappa shape index (κ2) is 5.84. The standard InChI is InChI=1S/C15H24N2O2S/c1-4-15(3,5-2)17-20(18,19)14-8-6-7-12-11-16-10-9-13(12)14/h6-8,16-17H,4-5,9-11H2,1-3H3. The van der Waals surface area contributed by atoms with Gasteiger partial charge < -0.3 is 5.32 Å². The summed E-state index contributed by atoms with van der Waals surface area (Å²) in [7, 11) is -3.46. The highest BCUT2D eigenvalue weighted by molar-refractivity contribution is 7.89. The highest BCUT2D eigenvalue weighted by Gasteiger charge is 2.29. The second-order valence-corrected chi connectivity index (χ2v) is 7.34. The molecule has 4 nitrogen and oxygen atoms in total. The van der Waals surface area contributed by atoms with Crippen LogP contribution in [0.1, 0.15) is 44.7 Å². The van der Waals surface area contributed by atoms with E-state index in [0.29, 0.717) is 4.90 Å². The number of fused-ring (bicyclic) bond motifs is 1. The molecule has 112 valence electrons. The number of hydrogen-bond donors (Lipinski definition) is 2. The van der Waals surface area contributed by atoms with Crippen LogP contribution in [0.2, 0.25) is 0 Å². The van der Waals surface area contributed by atoms with Gasteiger partial charge >= 0.3 is 0 Å². The molecule has 0 aromatic heterocycles. The predicted octanol–water partition coefficient (Wildman–Crippen LogP) is 2.19. The van der Waals surface area contributed by atoms with Gasteiger partial charge in [-0.05, 0) is 49.9 Å².